The average Bonchev–Trinajstić information content (AvgIpc) is 3.12. The lowest BCUT2D eigenvalue weighted by molar-refractivity contribution is 0.616. The van der Waals surface area contributed by atoms with Gasteiger partial charge in [-0.2, -0.15) is 10.4 Å². The molecule has 0 aliphatic carbocycles. The number of hydrogen-bond acceptors (Lipinski definition) is 4. The lowest BCUT2D eigenvalue weighted by atomic mass is 10.1. The molecule has 0 atom stereocenters. The minimum absolute atomic E-state index is 0. The minimum Gasteiger partial charge on any atom is -0.382 e. The molecule has 2 aromatic carbocycles. The summed E-state index contributed by atoms with van der Waals surface area (Å²) < 4.78 is 15.3. The zero-order valence-electron chi connectivity index (χ0n) is 18.8. The molecule has 0 aliphatic heterocycles. The highest BCUT2D eigenvalue weighted by Gasteiger charge is 2.16. The van der Waals surface area contributed by atoms with Crippen LogP contribution in [0.3, 0.4) is 0 Å². The number of nitrogens with two attached hydrogens (primary N) is 1. The highest BCUT2D eigenvalue weighted by molar-refractivity contribution is 14.0. The predicted molar refractivity (Wildman–Crippen MR) is 140 cm³/mol. The Bertz CT molecular complexity index is 1120. The second-order valence-corrected chi connectivity index (χ2v) is 7.38. The zero-order valence-corrected chi connectivity index (χ0v) is 21.1. The molecule has 4 N–H and O–H groups in total. The number of nitrogens with zero attached hydrogens (tertiary/aromatic N) is 4. The summed E-state index contributed by atoms with van der Waals surface area (Å²) in [5.41, 5.74) is 9.50. The number of aryl methyl sites for hydroxylation is 2. The van der Waals surface area contributed by atoms with Gasteiger partial charge in [-0.3, -0.25) is 0 Å². The van der Waals surface area contributed by atoms with E-state index in [0.29, 0.717) is 54.7 Å². The normalized spacial score (nSPS) is 10.9. The molecular formula is C24H29FIN7. The number of aliphatic imine (C=N–C) groups is 1. The van der Waals surface area contributed by atoms with E-state index in [4.69, 9.17) is 5.73 Å². The zero-order chi connectivity index (χ0) is 22.9. The lowest BCUT2D eigenvalue weighted by Gasteiger charge is -2.11. The third-order valence-corrected chi connectivity index (χ3v) is 4.99. The van der Waals surface area contributed by atoms with Crippen molar-refractivity contribution in [2.75, 3.05) is 18.8 Å². The van der Waals surface area contributed by atoms with Crippen LogP contribution in [0.1, 0.15) is 35.7 Å². The number of nitrogen functional groups attached to an aromatic ring is 1. The van der Waals surface area contributed by atoms with Crippen molar-refractivity contribution in [1.82, 2.24) is 20.4 Å². The van der Waals surface area contributed by atoms with E-state index in [1.807, 2.05) is 43.3 Å². The van der Waals surface area contributed by atoms with Crippen LogP contribution in [-0.4, -0.2) is 28.8 Å². The summed E-state index contributed by atoms with van der Waals surface area (Å²) in [6.07, 6.45) is 1.34. The van der Waals surface area contributed by atoms with Crippen LogP contribution in [0, 0.1) is 24.1 Å². The van der Waals surface area contributed by atoms with Crippen LogP contribution >= 0.6 is 24.0 Å². The van der Waals surface area contributed by atoms with Gasteiger partial charge in [-0.15, -0.1) is 24.0 Å². The fourth-order valence-corrected chi connectivity index (χ4v) is 3.25. The van der Waals surface area contributed by atoms with Gasteiger partial charge in [0.1, 0.15) is 23.3 Å². The number of rotatable bonds is 8. The van der Waals surface area contributed by atoms with Gasteiger partial charge in [-0.25, -0.2) is 14.1 Å². The van der Waals surface area contributed by atoms with Gasteiger partial charge in [0.05, 0.1) is 17.9 Å². The molecule has 0 aliphatic rings. The van der Waals surface area contributed by atoms with Crippen LogP contribution in [-0.2, 0) is 13.0 Å². The molecule has 0 bridgehead atoms. The third-order valence-electron chi connectivity index (χ3n) is 4.99. The number of para-hydroxylation sites is 1. The van der Waals surface area contributed by atoms with Crippen LogP contribution in [0.15, 0.2) is 53.5 Å². The van der Waals surface area contributed by atoms with E-state index in [1.165, 1.54) is 6.07 Å². The summed E-state index contributed by atoms with van der Waals surface area (Å²) in [6, 6.07) is 16.8. The summed E-state index contributed by atoms with van der Waals surface area (Å²) in [5, 5.41) is 20.6. The van der Waals surface area contributed by atoms with E-state index in [-0.39, 0.29) is 29.8 Å². The van der Waals surface area contributed by atoms with Crippen molar-refractivity contribution in [2.45, 2.75) is 33.2 Å². The highest BCUT2D eigenvalue weighted by Crippen LogP contribution is 2.21. The van der Waals surface area contributed by atoms with Crippen LogP contribution in [0.2, 0.25) is 0 Å². The fraction of sp³-hybridized carbons (Fsp3) is 0.292. The van der Waals surface area contributed by atoms with Crippen molar-refractivity contribution in [2.24, 2.45) is 4.99 Å². The molecule has 0 amide bonds. The molecule has 174 valence electrons. The van der Waals surface area contributed by atoms with Crippen LogP contribution in [0.4, 0.5) is 10.2 Å². The number of halogens is 2. The number of aromatic nitrogens is 2. The topological polar surface area (TPSA) is 104 Å². The van der Waals surface area contributed by atoms with Crippen LogP contribution in [0.5, 0.6) is 0 Å². The second-order valence-electron chi connectivity index (χ2n) is 7.38. The number of hydrogen-bond donors (Lipinski definition) is 3. The van der Waals surface area contributed by atoms with Gasteiger partial charge in [0, 0.05) is 13.1 Å². The molecule has 3 rings (SSSR count). The van der Waals surface area contributed by atoms with E-state index in [0.717, 1.165) is 17.7 Å². The molecule has 0 saturated heterocycles. The lowest BCUT2D eigenvalue weighted by Crippen LogP contribution is -2.37. The molecule has 1 aromatic heterocycles. The highest BCUT2D eigenvalue weighted by atomic mass is 127. The number of nitriles is 1. The van der Waals surface area contributed by atoms with E-state index in [2.05, 4.69) is 26.8 Å². The molecule has 3 aromatic rings. The maximum absolute atomic E-state index is 13.7. The Morgan fingerprint density at radius 1 is 1.21 bits per heavy atom. The maximum Gasteiger partial charge on any atom is 0.191 e. The molecule has 0 saturated carbocycles. The maximum atomic E-state index is 13.7. The smallest absolute Gasteiger partial charge is 0.191 e. The first-order chi connectivity index (χ1) is 15.5. The van der Waals surface area contributed by atoms with E-state index < -0.39 is 0 Å². The summed E-state index contributed by atoms with van der Waals surface area (Å²) in [6.45, 7) is 5.45. The Hall–Kier alpha value is -3.13. The minimum atomic E-state index is -0.224. The van der Waals surface area contributed by atoms with Gasteiger partial charge >= 0.3 is 0 Å². The average molecular weight is 561 g/mol. The molecule has 0 fully saturated rings. The van der Waals surface area contributed by atoms with Crippen molar-refractivity contribution in [3.05, 3.63) is 76.7 Å². The van der Waals surface area contributed by atoms with Gasteiger partial charge in [0.15, 0.2) is 5.96 Å². The largest absolute Gasteiger partial charge is 0.382 e. The summed E-state index contributed by atoms with van der Waals surface area (Å²) in [4.78, 5) is 4.53. The first-order valence-electron chi connectivity index (χ1n) is 10.6. The fourth-order valence-electron chi connectivity index (χ4n) is 3.25. The summed E-state index contributed by atoms with van der Waals surface area (Å²) in [5.74, 6) is 0.781. The standard InChI is InChI=1S/C24H28FN7.HI/c1-3-28-24(30-16-18-12-11-17(2)21(25)14-18)29-13-7-10-22-20(15-26)23(27)32(31-22)19-8-5-4-6-9-19;/h4-6,8-9,11-12,14H,3,7,10,13,16,27H2,1-2H3,(H2,28,29,30);1H. The molecule has 33 heavy (non-hydrogen) atoms. The quantitative estimate of drug-likeness (QED) is 0.167. The Morgan fingerprint density at radius 2 is 1.97 bits per heavy atom. The van der Waals surface area contributed by atoms with E-state index in [9.17, 15) is 9.65 Å². The second kappa shape index (κ2) is 12.8. The van der Waals surface area contributed by atoms with Gasteiger partial charge in [-0.1, -0.05) is 30.3 Å². The summed E-state index contributed by atoms with van der Waals surface area (Å²) in [7, 11) is 0. The predicted octanol–water partition coefficient (Wildman–Crippen LogP) is 4.08. The van der Waals surface area contributed by atoms with Gasteiger partial charge in [0.25, 0.3) is 0 Å². The Balaban J connectivity index is 0.00000385. The number of guanidine groups is 1. The van der Waals surface area contributed by atoms with Gasteiger partial charge < -0.3 is 16.4 Å². The molecule has 0 radical (unpaired) electrons. The Kier molecular flexibility index (Phi) is 10.1. The molecule has 0 unspecified atom stereocenters. The van der Waals surface area contributed by atoms with Crippen LogP contribution in [0.25, 0.3) is 5.69 Å². The van der Waals surface area contributed by atoms with E-state index in [1.54, 1.807) is 17.7 Å². The van der Waals surface area contributed by atoms with Crippen LogP contribution < -0.4 is 16.4 Å². The SMILES string of the molecule is CCNC(=NCc1ccc(C)c(F)c1)NCCCc1nn(-c2ccccc2)c(N)c1C#N.I. The molecule has 7 nitrogen and oxygen atoms in total. The monoisotopic (exact) mass is 561 g/mol. The van der Waals surface area contributed by atoms with Crippen molar-refractivity contribution in [3.63, 3.8) is 0 Å². The Labute approximate surface area is 210 Å². The van der Waals surface area contributed by atoms with Crippen molar-refractivity contribution in [3.8, 4) is 11.8 Å². The molecular weight excluding hydrogens is 532 g/mol. The van der Waals surface area contributed by atoms with E-state index >= 15 is 0 Å². The van der Waals surface area contributed by atoms with Crippen molar-refractivity contribution >= 4 is 35.8 Å². The number of anilines is 1. The molecule has 0 spiro atoms. The van der Waals surface area contributed by atoms with Crippen molar-refractivity contribution in [1.29, 1.82) is 5.26 Å². The Morgan fingerprint density at radius 3 is 2.64 bits per heavy atom. The number of nitrogens with one attached hydrogen (secondary N) is 2. The molecule has 9 heteroatoms. The molecule has 1 heterocycles. The van der Waals surface area contributed by atoms with Gasteiger partial charge in [-0.05, 0) is 56.0 Å². The summed E-state index contributed by atoms with van der Waals surface area (Å²) >= 11 is 0. The first-order valence-corrected chi connectivity index (χ1v) is 10.6. The van der Waals surface area contributed by atoms with Crippen molar-refractivity contribution < 1.29 is 4.39 Å². The van der Waals surface area contributed by atoms with Gasteiger partial charge in [0.2, 0.25) is 0 Å². The number of benzene rings is 2. The first kappa shape index (κ1) is 26.1. The third kappa shape index (κ3) is 6.92.